The van der Waals surface area contributed by atoms with Crippen LogP contribution >= 0.6 is 0 Å². The lowest BCUT2D eigenvalue weighted by atomic mass is 9.72. The second-order valence-electron chi connectivity index (χ2n) is 18.8. The molecule has 0 bridgehead atoms. The summed E-state index contributed by atoms with van der Waals surface area (Å²) in [5.41, 5.74) is -0.582. The average Bonchev–Trinajstić information content (AvgIpc) is 4.09. The molecule has 4 aliphatic heterocycles. The molecule has 1 aliphatic carbocycles. The van der Waals surface area contributed by atoms with Gasteiger partial charge in [-0.2, -0.15) is 0 Å². The fraction of sp³-hybridized carbons (Fsp3) is 0.490. The largest absolute Gasteiger partial charge is 0.508 e. The van der Waals surface area contributed by atoms with Crippen LogP contribution in [0.1, 0.15) is 75.7 Å². The number of benzene rings is 3. The zero-order valence-electron chi connectivity index (χ0n) is 36.7. The smallest absolute Gasteiger partial charge is 0.226 e. The molecular weight excluding hydrogens is 839 g/mol. The van der Waals surface area contributed by atoms with E-state index in [4.69, 9.17) is 18.9 Å². The Morgan fingerprint density at radius 2 is 1.83 bits per heavy atom. The number of nitrogens with zero attached hydrogens (tertiary/aromatic N) is 2. The molecule has 4 aromatic rings. The van der Waals surface area contributed by atoms with Gasteiger partial charge in [0.2, 0.25) is 5.91 Å². The maximum absolute atomic E-state index is 13.8. The molecule has 16 nitrogen and oxygen atoms in total. The number of amides is 1. The highest BCUT2D eigenvalue weighted by atomic mass is 17.2. The molecule has 1 aromatic heterocycles. The van der Waals surface area contributed by atoms with Crippen molar-refractivity contribution in [3.05, 3.63) is 93.1 Å². The number of phenols is 2. The van der Waals surface area contributed by atoms with Crippen LogP contribution in [-0.4, -0.2) is 109 Å². The number of phenolic OH excluding ortho intramolecular Hbond substituents is 2. The number of ether oxygens (including phenoxy) is 1. The summed E-state index contributed by atoms with van der Waals surface area (Å²) in [6.07, 6.45) is 3.71. The van der Waals surface area contributed by atoms with Gasteiger partial charge in [0.25, 0.3) is 0 Å². The van der Waals surface area contributed by atoms with E-state index in [1.165, 1.54) is 36.4 Å². The minimum atomic E-state index is -2.41. The summed E-state index contributed by atoms with van der Waals surface area (Å²) in [7, 11) is 0. The number of aryl methyl sites for hydroxylation is 1. The molecule has 8 atom stereocenters. The summed E-state index contributed by atoms with van der Waals surface area (Å²) in [4.78, 5) is 46.0. The third-order valence-electron chi connectivity index (χ3n) is 14.7. The first kappa shape index (κ1) is 44.9. The van der Waals surface area contributed by atoms with Crippen molar-refractivity contribution in [1.82, 2.24) is 5.32 Å². The van der Waals surface area contributed by atoms with Crippen LogP contribution in [0.5, 0.6) is 17.2 Å². The standard InChI is InChI=1S/C49H57N3O13/c1-4-36-32-12-16-50-35(32)23-52(36)41-43-28(18-34-38(56)17-26(2)63-44(34)41)19-40(47(3,64-43)15-11-29-22-51-46(60)48(29)13-5-6-14-48)65-62-25-49(61,45(59)42(58)39(57)24-53)21-27-7-10-37(55)31-9-8-30(54)20-33(27)31/h7-10,12,16-18,20,23,29,36,39-40,42,45,53-55,57-59,61H,4-6,11,13-15,19,21-22,24-25H2,1-3H3,(H,51,60)/t29-,36?,39+,40+,42+,45-,47+,49-/m0/s1. The number of aliphatic imine (C=N–C) groups is 1. The Bertz CT molecular complexity index is 2670. The normalized spacial score (nSPS) is 25.6. The molecule has 1 saturated heterocycles. The molecule has 3 aromatic carbocycles. The van der Waals surface area contributed by atoms with E-state index < -0.39 is 60.7 Å². The van der Waals surface area contributed by atoms with Crippen molar-refractivity contribution in [3.8, 4) is 17.2 Å². The van der Waals surface area contributed by atoms with Gasteiger partial charge in [0.1, 0.15) is 65.2 Å². The number of hydrogen-bond donors (Lipinski definition) is 8. The highest BCUT2D eigenvalue weighted by Crippen LogP contribution is 2.53. The molecule has 8 N–H and O–H groups in total. The number of anilines is 1. The quantitative estimate of drug-likeness (QED) is 0.0615. The van der Waals surface area contributed by atoms with Gasteiger partial charge in [0.15, 0.2) is 16.8 Å². The molecule has 0 radical (unpaired) electrons. The number of allylic oxidation sites excluding steroid dienone is 1. The molecule has 1 unspecified atom stereocenters. The van der Waals surface area contributed by atoms with E-state index in [9.17, 15) is 45.3 Å². The van der Waals surface area contributed by atoms with E-state index in [1.807, 2.05) is 19.2 Å². The van der Waals surface area contributed by atoms with E-state index in [0.29, 0.717) is 75.9 Å². The van der Waals surface area contributed by atoms with Gasteiger partial charge in [-0.25, -0.2) is 9.78 Å². The number of carbonyl (C=O) groups excluding carboxylic acids is 1. The monoisotopic (exact) mass is 895 g/mol. The van der Waals surface area contributed by atoms with Gasteiger partial charge in [0.05, 0.1) is 29.1 Å². The van der Waals surface area contributed by atoms with Gasteiger partial charge >= 0.3 is 0 Å². The van der Waals surface area contributed by atoms with Gasteiger partial charge < -0.3 is 55.1 Å². The molecule has 5 aliphatic rings. The van der Waals surface area contributed by atoms with Crippen molar-refractivity contribution in [3.63, 3.8) is 0 Å². The summed E-state index contributed by atoms with van der Waals surface area (Å²) in [6.45, 7) is 4.52. The molecule has 5 heterocycles. The Hall–Kier alpha value is -5.33. The lowest BCUT2D eigenvalue weighted by Crippen LogP contribution is -2.58. The minimum Gasteiger partial charge on any atom is -0.508 e. The number of rotatable bonds is 15. The Morgan fingerprint density at radius 3 is 2.58 bits per heavy atom. The van der Waals surface area contributed by atoms with Crippen LogP contribution in [-0.2, 0) is 27.4 Å². The fourth-order valence-electron chi connectivity index (χ4n) is 11.0. The molecule has 9 rings (SSSR count). The molecular formula is C49H57N3O13. The summed E-state index contributed by atoms with van der Waals surface area (Å²) < 4.78 is 13.6. The van der Waals surface area contributed by atoms with Crippen LogP contribution in [0, 0.1) is 18.3 Å². The number of aliphatic hydroxyl groups excluding tert-OH is 4. The van der Waals surface area contributed by atoms with Gasteiger partial charge in [-0.3, -0.25) is 14.6 Å². The third kappa shape index (κ3) is 7.78. The van der Waals surface area contributed by atoms with Crippen molar-refractivity contribution in [1.29, 1.82) is 0 Å². The number of nitrogens with one attached hydrogen (secondary N) is 1. The van der Waals surface area contributed by atoms with Crippen LogP contribution in [0.25, 0.3) is 21.7 Å². The SMILES string of the molecule is CCC1C2=CC=NC2=CN1c1c2c(cc3c(=O)cc(C)oc13)C[C@@H](OOC[C@@](O)(Cc1ccc(O)c3ccc(O)cc13)[C@@H](O)[C@H](O)[C@H](O)CO)[C@@](C)(CC[C@H]1CNC(=O)C13CCCC3)O2. The number of carbonyl (C=O) groups is 1. The molecule has 1 saturated carbocycles. The predicted octanol–water partition coefficient (Wildman–Crippen LogP) is 4.26. The number of fused-ring (bicyclic) bond motifs is 4. The van der Waals surface area contributed by atoms with Crippen molar-refractivity contribution >= 4 is 39.6 Å². The minimum absolute atomic E-state index is 0.0221. The topological polar surface area (TPSA) is 244 Å². The fourth-order valence-corrected chi connectivity index (χ4v) is 11.0. The van der Waals surface area contributed by atoms with Crippen LogP contribution in [0.3, 0.4) is 0 Å². The predicted molar refractivity (Wildman–Crippen MR) is 240 cm³/mol. The van der Waals surface area contributed by atoms with Crippen LogP contribution in [0.2, 0.25) is 0 Å². The lowest BCUT2D eigenvalue weighted by Gasteiger charge is -2.44. The van der Waals surface area contributed by atoms with Gasteiger partial charge in [0, 0.05) is 54.4 Å². The van der Waals surface area contributed by atoms with E-state index in [1.54, 1.807) is 19.2 Å². The summed E-state index contributed by atoms with van der Waals surface area (Å²) in [5.74, 6) is 0.794. The van der Waals surface area contributed by atoms with Gasteiger partial charge in [-0.05, 0) is 99.2 Å². The summed E-state index contributed by atoms with van der Waals surface area (Å²) in [6, 6.07) is 10.2. The number of hydrogen-bond acceptors (Lipinski definition) is 15. The summed E-state index contributed by atoms with van der Waals surface area (Å²) >= 11 is 0. The van der Waals surface area contributed by atoms with Crippen LogP contribution in [0.4, 0.5) is 5.69 Å². The van der Waals surface area contributed by atoms with Crippen LogP contribution in [0.15, 0.2) is 80.2 Å². The van der Waals surface area contributed by atoms with E-state index in [2.05, 4.69) is 22.1 Å². The number of aliphatic hydroxyl groups is 5. The zero-order chi connectivity index (χ0) is 46.0. The zero-order valence-corrected chi connectivity index (χ0v) is 36.7. The van der Waals surface area contributed by atoms with Crippen molar-refractivity contribution < 1.29 is 59.5 Å². The second-order valence-corrected chi connectivity index (χ2v) is 18.8. The van der Waals surface area contributed by atoms with Gasteiger partial charge in [-0.15, -0.1) is 0 Å². The maximum Gasteiger partial charge on any atom is 0.226 e. The molecule has 65 heavy (non-hydrogen) atoms. The molecule has 346 valence electrons. The molecule has 1 amide bonds. The second kappa shape index (κ2) is 17.1. The number of aromatic hydroxyl groups is 2. The van der Waals surface area contributed by atoms with Crippen molar-refractivity contribution in [2.75, 3.05) is 24.7 Å². The van der Waals surface area contributed by atoms with Crippen LogP contribution < -0.4 is 20.4 Å². The lowest BCUT2D eigenvalue weighted by molar-refractivity contribution is -0.371. The maximum atomic E-state index is 13.8. The average molecular weight is 896 g/mol. The van der Waals surface area contributed by atoms with Crippen molar-refractivity contribution in [2.24, 2.45) is 16.3 Å². The molecule has 16 heteroatoms. The molecule has 1 spiro atoms. The Balaban J connectivity index is 1.10. The van der Waals surface area contributed by atoms with E-state index in [-0.39, 0.29) is 41.2 Å². The molecule has 2 fully saturated rings. The first-order valence-electron chi connectivity index (χ1n) is 22.5. The first-order chi connectivity index (χ1) is 31.1. The van der Waals surface area contributed by atoms with E-state index >= 15 is 0 Å². The Morgan fingerprint density at radius 1 is 1.05 bits per heavy atom. The highest BCUT2D eigenvalue weighted by Gasteiger charge is 2.54. The highest BCUT2D eigenvalue weighted by molar-refractivity contribution is 5.97. The summed E-state index contributed by atoms with van der Waals surface area (Å²) in [5, 5.41) is 80.0. The Kier molecular flexibility index (Phi) is 11.8. The third-order valence-corrected chi connectivity index (χ3v) is 14.7. The Labute approximate surface area is 375 Å². The van der Waals surface area contributed by atoms with E-state index in [0.717, 1.165) is 37.0 Å². The van der Waals surface area contributed by atoms with Crippen molar-refractivity contribution in [2.45, 2.75) is 120 Å². The first-order valence-corrected chi connectivity index (χ1v) is 22.5. The van der Waals surface area contributed by atoms with Gasteiger partial charge in [-0.1, -0.05) is 25.8 Å².